The van der Waals surface area contributed by atoms with Gasteiger partial charge >= 0.3 is 11.9 Å². The van der Waals surface area contributed by atoms with Crippen LogP contribution >= 0.6 is 12.6 Å². The Morgan fingerprint density at radius 1 is 0.921 bits per heavy atom. The molecule has 1 heterocycles. The number of benzene rings is 1. The van der Waals surface area contributed by atoms with E-state index >= 15 is 0 Å². The van der Waals surface area contributed by atoms with Gasteiger partial charge < -0.3 is 42.6 Å². The number of fused-ring (bicyclic) bond motifs is 1. The highest BCUT2D eigenvalue weighted by atomic mass is 32.1. The van der Waals surface area contributed by atoms with Crippen LogP contribution in [0.15, 0.2) is 30.5 Å². The minimum atomic E-state index is -1.74. The van der Waals surface area contributed by atoms with Crippen LogP contribution in [0.5, 0.6) is 0 Å². The van der Waals surface area contributed by atoms with E-state index in [-0.39, 0.29) is 25.0 Å². The molecule has 2 aromatic rings. The van der Waals surface area contributed by atoms with Crippen molar-refractivity contribution in [1.82, 2.24) is 20.9 Å². The van der Waals surface area contributed by atoms with Crippen LogP contribution in [0.2, 0.25) is 0 Å². The zero-order chi connectivity index (χ0) is 28.4. The van der Waals surface area contributed by atoms with Gasteiger partial charge in [0, 0.05) is 29.3 Å². The lowest BCUT2D eigenvalue weighted by Crippen LogP contribution is -2.58. The van der Waals surface area contributed by atoms with E-state index in [9.17, 15) is 28.8 Å². The van der Waals surface area contributed by atoms with E-state index in [4.69, 9.17) is 21.7 Å². The van der Waals surface area contributed by atoms with Gasteiger partial charge in [-0.15, -0.1) is 0 Å². The lowest BCUT2D eigenvalue weighted by molar-refractivity contribution is -0.147. The molecule has 0 bridgehead atoms. The van der Waals surface area contributed by atoms with E-state index in [1.807, 2.05) is 29.6 Å². The van der Waals surface area contributed by atoms with Crippen molar-refractivity contribution in [2.24, 2.45) is 11.5 Å². The maximum atomic E-state index is 12.9. The summed E-state index contributed by atoms with van der Waals surface area (Å²) in [4.78, 5) is 74.7. The molecule has 0 fully saturated rings. The number of nitrogens with one attached hydrogen (secondary N) is 4. The summed E-state index contributed by atoms with van der Waals surface area (Å²) in [7, 11) is 0. The van der Waals surface area contributed by atoms with Gasteiger partial charge in [-0.25, -0.2) is 4.79 Å². The quantitative estimate of drug-likeness (QED) is 0.114. The molecule has 10 N–H and O–H groups in total. The second-order valence-electron chi connectivity index (χ2n) is 8.48. The number of para-hydroxylation sites is 1. The first-order chi connectivity index (χ1) is 17.9. The first-order valence-corrected chi connectivity index (χ1v) is 12.1. The highest BCUT2D eigenvalue weighted by molar-refractivity contribution is 7.80. The van der Waals surface area contributed by atoms with Crippen LogP contribution in [-0.4, -0.2) is 80.7 Å². The number of hydrogen-bond acceptors (Lipinski definition) is 8. The SMILES string of the molecule is NC(=O)CCC(NC(=O)C(N)Cc1c[nH]c2ccccc12)C(=O)NC(CS)C(=O)NC(CC(=O)O)C(=O)O. The maximum Gasteiger partial charge on any atom is 0.326 e. The van der Waals surface area contributed by atoms with Gasteiger partial charge in [0.15, 0.2) is 0 Å². The standard InChI is InChI=1S/C23H30N6O8S/c24-13(7-11-9-26-14-4-2-1-3-12(11)14)20(33)27-15(5-6-18(25)30)21(34)29-17(10-38)22(35)28-16(23(36)37)8-19(31)32/h1-4,9,13,15-17,26,38H,5-8,10,24H2,(H2,25,30)(H,27,33)(H,28,35)(H,29,34)(H,31,32)(H,36,37). The fraction of sp³-hybridized carbons (Fsp3) is 0.391. The number of H-pyrrole nitrogens is 1. The number of carbonyl (C=O) groups is 6. The number of thiol groups is 1. The van der Waals surface area contributed by atoms with E-state index < -0.39 is 66.2 Å². The Balaban J connectivity index is 2.09. The third-order valence-electron chi connectivity index (χ3n) is 5.57. The van der Waals surface area contributed by atoms with E-state index in [2.05, 4.69) is 28.2 Å². The molecule has 2 rings (SSSR count). The third-order valence-corrected chi connectivity index (χ3v) is 5.94. The fourth-order valence-electron chi connectivity index (χ4n) is 3.58. The lowest BCUT2D eigenvalue weighted by Gasteiger charge is -2.24. The number of amides is 4. The Morgan fingerprint density at radius 3 is 2.13 bits per heavy atom. The average Bonchev–Trinajstić information content (AvgIpc) is 3.26. The second-order valence-corrected chi connectivity index (χ2v) is 8.84. The van der Waals surface area contributed by atoms with Crippen molar-refractivity contribution in [3.8, 4) is 0 Å². The molecule has 0 aliphatic rings. The zero-order valence-corrected chi connectivity index (χ0v) is 21.1. The molecule has 4 unspecified atom stereocenters. The van der Waals surface area contributed by atoms with Crippen LogP contribution in [0.25, 0.3) is 10.9 Å². The van der Waals surface area contributed by atoms with E-state index in [0.29, 0.717) is 0 Å². The molecule has 0 radical (unpaired) electrons. The summed E-state index contributed by atoms with van der Waals surface area (Å²) in [6.07, 6.45) is 0.499. The Hall–Kier alpha value is -4.11. The topological polar surface area (TPSA) is 247 Å². The van der Waals surface area contributed by atoms with Gasteiger partial charge in [-0.1, -0.05) is 18.2 Å². The van der Waals surface area contributed by atoms with Gasteiger partial charge in [0.05, 0.1) is 12.5 Å². The summed E-state index contributed by atoms with van der Waals surface area (Å²) in [5.41, 5.74) is 12.9. The number of carbonyl (C=O) groups excluding carboxylic acids is 4. The third kappa shape index (κ3) is 8.77. The van der Waals surface area contributed by atoms with Crippen molar-refractivity contribution >= 4 is 59.1 Å². The lowest BCUT2D eigenvalue weighted by atomic mass is 10.0. The molecule has 1 aromatic heterocycles. The monoisotopic (exact) mass is 550 g/mol. The number of aromatic amines is 1. The molecule has 4 amide bonds. The van der Waals surface area contributed by atoms with Crippen molar-refractivity contribution in [1.29, 1.82) is 0 Å². The molecule has 0 saturated carbocycles. The van der Waals surface area contributed by atoms with Crippen LogP contribution < -0.4 is 27.4 Å². The molecule has 0 saturated heterocycles. The predicted octanol–water partition coefficient (Wildman–Crippen LogP) is -1.75. The summed E-state index contributed by atoms with van der Waals surface area (Å²) in [6, 6.07) is 1.92. The highest BCUT2D eigenvalue weighted by Gasteiger charge is 2.31. The van der Waals surface area contributed by atoms with Gasteiger partial charge in [-0.3, -0.25) is 24.0 Å². The van der Waals surface area contributed by atoms with E-state index in [1.165, 1.54) is 0 Å². The number of aliphatic carboxylic acids is 2. The maximum absolute atomic E-state index is 12.9. The van der Waals surface area contributed by atoms with Gasteiger partial charge in [0.25, 0.3) is 0 Å². The van der Waals surface area contributed by atoms with Crippen molar-refractivity contribution in [2.75, 3.05) is 5.75 Å². The minimum absolute atomic E-state index is 0.141. The molecule has 4 atom stereocenters. The normalized spacial score (nSPS) is 14.1. The van der Waals surface area contributed by atoms with Gasteiger partial charge in [0.1, 0.15) is 18.1 Å². The molecule has 14 nitrogen and oxygen atoms in total. The van der Waals surface area contributed by atoms with Gasteiger partial charge in [0.2, 0.25) is 23.6 Å². The number of carboxylic acid groups (broad SMARTS) is 2. The minimum Gasteiger partial charge on any atom is -0.481 e. The summed E-state index contributed by atoms with van der Waals surface area (Å²) < 4.78 is 0. The van der Waals surface area contributed by atoms with E-state index in [1.54, 1.807) is 6.20 Å². The second kappa shape index (κ2) is 14.0. The molecule has 38 heavy (non-hydrogen) atoms. The fourth-order valence-corrected chi connectivity index (χ4v) is 3.83. The Morgan fingerprint density at radius 2 is 1.53 bits per heavy atom. The molecule has 15 heteroatoms. The summed E-state index contributed by atoms with van der Waals surface area (Å²) in [6.45, 7) is 0. The van der Waals surface area contributed by atoms with Crippen LogP contribution in [0, 0.1) is 0 Å². The Labute approximate surface area is 222 Å². The number of carboxylic acids is 2. The molecule has 0 aliphatic heterocycles. The van der Waals surface area contributed by atoms with Crippen molar-refractivity contribution in [3.05, 3.63) is 36.0 Å². The van der Waals surface area contributed by atoms with E-state index in [0.717, 1.165) is 16.5 Å². The molecule has 206 valence electrons. The Kier molecular flexibility index (Phi) is 11.1. The number of primary amides is 1. The predicted molar refractivity (Wildman–Crippen MR) is 138 cm³/mol. The summed E-state index contributed by atoms with van der Waals surface area (Å²) in [5, 5.41) is 25.7. The highest BCUT2D eigenvalue weighted by Crippen LogP contribution is 2.18. The average molecular weight is 551 g/mol. The molecular formula is C23H30N6O8S. The first kappa shape index (κ1) is 30.1. The first-order valence-electron chi connectivity index (χ1n) is 11.5. The van der Waals surface area contributed by atoms with Crippen LogP contribution in [0.3, 0.4) is 0 Å². The number of aromatic nitrogens is 1. The Bertz CT molecular complexity index is 1200. The summed E-state index contributed by atoms with van der Waals surface area (Å²) >= 11 is 3.98. The van der Waals surface area contributed by atoms with Crippen molar-refractivity contribution in [3.63, 3.8) is 0 Å². The molecule has 0 spiro atoms. The number of nitrogens with two attached hydrogens (primary N) is 2. The largest absolute Gasteiger partial charge is 0.481 e. The molecular weight excluding hydrogens is 520 g/mol. The molecule has 1 aromatic carbocycles. The number of hydrogen-bond donors (Lipinski definition) is 9. The summed E-state index contributed by atoms with van der Waals surface area (Å²) in [5.74, 6) is -6.63. The van der Waals surface area contributed by atoms with Crippen molar-refractivity contribution < 1.29 is 39.0 Å². The van der Waals surface area contributed by atoms with Crippen LogP contribution in [-0.2, 0) is 35.2 Å². The van der Waals surface area contributed by atoms with Crippen LogP contribution in [0.1, 0.15) is 24.8 Å². The zero-order valence-electron chi connectivity index (χ0n) is 20.2. The number of rotatable bonds is 15. The smallest absolute Gasteiger partial charge is 0.326 e. The van der Waals surface area contributed by atoms with Gasteiger partial charge in [-0.2, -0.15) is 12.6 Å². The van der Waals surface area contributed by atoms with Crippen LogP contribution in [0.4, 0.5) is 0 Å². The van der Waals surface area contributed by atoms with Gasteiger partial charge in [-0.05, 0) is 24.5 Å². The van der Waals surface area contributed by atoms with Crippen molar-refractivity contribution in [2.45, 2.75) is 49.9 Å². The molecule has 0 aliphatic carbocycles.